The van der Waals surface area contributed by atoms with Crippen LogP contribution < -0.4 is 5.73 Å². The Kier molecular flexibility index (Phi) is 2.73. The molecule has 4 nitrogen and oxygen atoms in total. The van der Waals surface area contributed by atoms with E-state index < -0.39 is 0 Å². The molecule has 0 aliphatic rings. The molecule has 5 heteroatoms. The lowest BCUT2D eigenvalue weighted by Crippen LogP contribution is -2.02. The van der Waals surface area contributed by atoms with Gasteiger partial charge in [-0.1, -0.05) is 28.1 Å². The van der Waals surface area contributed by atoms with Crippen LogP contribution in [0.3, 0.4) is 0 Å². The Labute approximate surface area is 96.2 Å². The van der Waals surface area contributed by atoms with Crippen LogP contribution >= 0.6 is 15.9 Å². The van der Waals surface area contributed by atoms with Crippen LogP contribution in [0.15, 0.2) is 28.7 Å². The molecule has 2 rings (SSSR count). The first-order valence-electron chi connectivity index (χ1n) is 4.68. The van der Waals surface area contributed by atoms with Crippen LogP contribution in [0.5, 0.6) is 0 Å². The van der Waals surface area contributed by atoms with E-state index >= 15 is 0 Å². The van der Waals surface area contributed by atoms with Crippen molar-refractivity contribution in [2.75, 3.05) is 5.73 Å². The van der Waals surface area contributed by atoms with Gasteiger partial charge in [0.05, 0.1) is 11.4 Å². The van der Waals surface area contributed by atoms with Crippen molar-refractivity contribution >= 4 is 21.7 Å². The third-order valence-corrected chi connectivity index (χ3v) is 2.73. The van der Waals surface area contributed by atoms with Crippen molar-refractivity contribution in [1.29, 1.82) is 0 Å². The average molecular weight is 267 g/mol. The summed E-state index contributed by atoms with van der Waals surface area (Å²) >= 11 is 3.39. The monoisotopic (exact) mass is 266 g/mol. The standard InChI is InChI=1S/C10H11BrN4/c1-2-9-10(12)13-14-15(9)8-5-3-7(11)4-6-8/h3-6H,2,12H2,1H3. The molecule has 0 aliphatic heterocycles. The highest BCUT2D eigenvalue weighted by molar-refractivity contribution is 9.10. The zero-order valence-corrected chi connectivity index (χ0v) is 9.90. The Hall–Kier alpha value is -1.36. The molecule has 0 spiro atoms. The number of hydrogen-bond acceptors (Lipinski definition) is 3. The van der Waals surface area contributed by atoms with E-state index in [1.807, 2.05) is 31.2 Å². The Bertz CT molecular complexity index is 461. The number of rotatable bonds is 2. The first-order valence-corrected chi connectivity index (χ1v) is 5.47. The fourth-order valence-corrected chi connectivity index (χ4v) is 1.70. The van der Waals surface area contributed by atoms with Crippen LogP contribution in [0.1, 0.15) is 12.6 Å². The van der Waals surface area contributed by atoms with Crippen molar-refractivity contribution in [3.63, 3.8) is 0 Å². The highest BCUT2D eigenvalue weighted by atomic mass is 79.9. The summed E-state index contributed by atoms with van der Waals surface area (Å²) in [4.78, 5) is 0. The number of nitrogen functional groups attached to an aromatic ring is 1. The number of nitrogens with two attached hydrogens (primary N) is 1. The van der Waals surface area contributed by atoms with Gasteiger partial charge >= 0.3 is 0 Å². The van der Waals surface area contributed by atoms with E-state index in [0.717, 1.165) is 22.3 Å². The summed E-state index contributed by atoms with van der Waals surface area (Å²) in [6.07, 6.45) is 0.814. The predicted molar refractivity (Wildman–Crippen MR) is 62.8 cm³/mol. The van der Waals surface area contributed by atoms with E-state index in [1.165, 1.54) is 0 Å². The molecule has 0 saturated heterocycles. The van der Waals surface area contributed by atoms with Crippen molar-refractivity contribution in [3.8, 4) is 5.69 Å². The van der Waals surface area contributed by atoms with Gasteiger partial charge in [-0.3, -0.25) is 0 Å². The van der Waals surface area contributed by atoms with E-state index in [-0.39, 0.29) is 0 Å². The zero-order valence-electron chi connectivity index (χ0n) is 8.31. The molecular weight excluding hydrogens is 256 g/mol. The van der Waals surface area contributed by atoms with Gasteiger partial charge in [-0.05, 0) is 30.7 Å². The SMILES string of the molecule is CCc1c(N)nnn1-c1ccc(Br)cc1. The summed E-state index contributed by atoms with van der Waals surface area (Å²) < 4.78 is 2.80. The van der Waals surface area contributed by atoms with E-state index in [0.29, 0.717) is 5.82 Å². The summed E-state index contributed by atoms with van der Waals surface area (Å²) in [5.41, 5.74) is 7.63. The van der Waals surface area contributed by atoms with Crippen LogP contribution in [0, 0.1) is 0 Å². The Balaban J connectivity index is 2.49. The second-order valence-electron chi connectivity index (χ2n) is 3.16. The molecule has 0 aliphatic carbocycles. The molecule has 0 amide bonds. The summed E-state index contributed by atoms with van der Waals surface area (Å²) in [5.74, 6) is 0.500. The average Bonchev–Trinajstić information content (AvgIpc) is 2.61. The molecule has 0 bridgehead atoms. The van der Waals surface area contributed by atoms with Crippen molar-refractivity contribution in [1.82, 2.24) is 15.0 Å². The first kappa shape index (κ1) is 10.2. The maximum atomic E-state index is 5.72. The maximum absolute atomic E-state index is 5.72. The third kappa shape index (κ3) is 1.87. The molecular formula is C10H11BrN4. The van der Waals surface area contributed by atoms with Crippen LogP contribution in [-0.4, -0.2) is 15.0 Å². The molecule has 0 atom stereocenters. The molecule has 0 unspecified atom stereocenters. The van der Waals surface area contributed by atoms with Gasteiger partial charge in [-0.2, -0.15) is 0 Å². The predicted octanol–water partition coefficient (Wildman–Crippen LogP) is 2.17. The molecule has 2 aromatic rings. The van der Waals surface area contributed by atoms with E-state index in [4.69, 9.17) is 5.73 Å². The van der Waals surface area contributed by atoms with Crippen molar-refractivity contribution < 1.29 is 0 Å². The van der Waals surface area contributed by atoms with Crippen LogP contribution in [0.4, 0.5) is 5.82 Å². The lowest BCUT2D eigenvalue weighted by Gasteiger charge is -2.04. The quantitative estimate of drug-likeness (QED) is 0.907. The molecule has 0 fully saturated rings. The molecule has 2 N–H and O–H groups in total. The number of benzene rings is 1. The number of aromatic nitrogens is 3. The van der Waals surface area contributed by atoms with Crippen LogP contribution in [0.2, 0.25) is 0 Å². The van der Waals surface area contributed by atoms with Crippen molar-refractivity contribution in [2.45, 2.75) is 13.3 Å². The van der Waals surface area contributed by atoms with Gasteiger partial charge in [-0.25, -0.2) is 4.68 Å². The smallest absolute Gasteiger partial charge is 0.169 e. The highest BCUT2D eigenvalue weighted by Crippen LogP contribution is 2.17. The summed E-state index contributed by atoms with van der Waals surface area (Å²) in [6, 6.07) is 7.87. The van der Waals surface area contributed by atoms with Crippen molar-refractivity contribution in [2.24, 2.45) is 0 Å². The minimum Gasteiger partial charge on any atom is -0.381 e. The van der Waals surface area contributed by atoms with Gasteiger partial charge in [0.2, 0.25) is 0 Å². The van der Waals surface area contributed by atoms with Gasteiger partial charge < -0.3 is 5.73 Å². The van der Waals surface area contributed by atoms with Gasteiger partial charge in [0.1, 0.15) is 0 Å². The second-order valence-corrected chi connectivity index (χ2v) is 4.08. The lowest BCUT2D eigenvalue weighted by molar-refractivity contribution is 0.767. The van der Waals surface area contributed by atoms with Gasteiger partial charge in [0.15, 0.2) is 5.82 Å². The maximum Gasteiger partial charge on any atom is 0.169 e. The third-order valence-electron chi connectivity index (χ3n) is 2.20. The molecule has 1 aromatic carbocycles. The fraction of sp³-hybridized carbons (Fsp3) is 0.200. The topological polar surface area (TPSA) is 56.7 Å². The van der Waals surface area contributed by atoms with E-state index in [1.54, 1.807) is 4.68 Å². The van der Waals surface area contributed by atoms with Gasteiger partial charge in [-0.15, -0.1) is 5.10 Å². The van der Waals surface area contributed by atoms with Crippen LogP contribution in [0.25, 0.3) is 5.69 Å². The molecule has 1 aromatic heterocycles. The van der Waals surface area contributed by atoms with E-state index in [2.05, 4.69) is 26.2 Å². The molecule has 78 valence electrons. The molecule has 15 heavy (non-hydrogen) atoms. The minimum absolute atomic E-state index is 0.500. The number of nitrogens with zero attached hydrogens (tertiary/aromatic N) is 3. The van der Waals surface area contributed by atoms with Crippen LogP contribution in [-0.2, 0) is 6.42 Å². The Morgan fingerprint density at radius 3 is 2.60 bits per heavy atom. The normalized spacial score (nSPS) is 10.5. The van der Waals surface area contributed by atoms with Gasteiger partial charge in [0.25, 0.3) is 0 Å². The lowest BCUT2D eigenvalue weighted by atomic mass is 10.3. The first-order chi connectivity index (χ1) is 7.22. The zero-order chi connectivity index (χ0) is 10.8. The number of halogens is 1. The largest absolute Gasteiger partial charge is 0.381 e. The summed E-state index contributed by atoms with van der Waals surface area (Å²) in [7, 11) is 0. The summed E-state index contributed by atoms with van der Waals surface area (Å²) in [6.45, 7) is 2.03. The Morgan fingerprint density at radius 1 is 1.33 bits per heavy atom. The van der Waals surface area contributed by atoms with Crippen molar-refractivity contribution in [3.05, 3.63) is 34.4 Å². The van der Waals surface area contributed by atoms with Gasteiger partial charge in [0, 0.05) is 4.47 Å². The number of anilines is 1. The minimum atomic E-state index is 0.500. The highest BCUT2D eigenvalue weighted by Gasteiger charge is 2.08. The molecule has 1 heterocycles. The number of hydrogen-bond donors (Lipinski definition) is 1. The Morgan fingerprint density at radius 2 is 2.00 bits per heavy atom. The molecule has 0 saturated carbocycles. The fourth-order valence-electron chi connectivity index (χ4n) is 1.43. The van der Waals surface area contributed by atoms with E-state index in [9.17, 15) is 0 Å². The molecule has 0 radical (unpaired) electrons. The second kappa shape index (κ2) is 4.02. The summed E-state index contributed by atoms with van der Waals surface area (Å²) in [5, 5.41) is 7.88.